The van der Waals surface area contributed by atoms with Crippen molar-refractivity contribution in [1.29, 1.82) is 0 Å². The van der Waals surface area contributed by atoms with Crippen molar-refractivity contribution in [1.82, 2.24) is 5.32 Å². The fourth-order valence-corrected chi connectivity index (χ4v) is 2.74. The van der Waals surface area contributed by atoms with Crippen molar-refractivity contribution < 1.29 is 4.79 Å². The second-order valence-corrected chi connectivity index (χ2v) is 6.16. The average Bonchev–Trinajstić information content (AvgIpc) is 2.56. The van der Waals surface area contributed by atoms with E-state index in [9.17, 15) is 4.79 Å². The van der Waals surface area contributed by atoms with Crippen molar-refractivity contribution in [2.45, 2.75) is 13.0 Å². The third kappa shape index (κ3) is 3.20. The highest BCUT2D eigenvalue weighted by Gasteiger charge is 2.18. The Hall–Kier alpha value is -2.56. The van der Waals surface area contributed by atoms with Crippen LogP contribution in [0.2, 0.25) is 5.02 Å². The van der Waals surface area contributed by atoms with E-state index in [1.807, 2.05) is 43.3 Å². The van der Waals surface area contributed by atoms with Gasteiger partial charge >= 0.3 is 0 Å². The number of carbonyl (C=O) groups is 1. The minimum Gasteiger partial charge on any atom is -0.362 e. The SMILES string of the molecule is C=C1NC=Cc2cc(NC(=O)[C@H](N)c3ccc(C)cc3)c(Cl)cc21. The molecule has 0 saturated heterocycles. The molecule has 24 heavy (non-hydrogen) atoms. The average molecular weight is 340 g/mol. The number of hydrogen-bond donors (Lipinski definition) is 3. The summed E-state index contributed by atoms with van der Waals surface area (Å²) in [6, 6.07) is 10.4. The first kappa shape index (κ1) is 16.3. The Labute approximate surface area is 146 Å². The molecule has 4 N–H and O–H groups in total. The molecule has 0 fully saturated rings. The van der Waals surface area contributed by atoms with Crippen LogP contribution in [0.15, 0.2) is 49.2 Å². The van der Waals surface area contributed by atoms with E-state index in [-0.39, 0.29) is 5.91 Å². The number of halogens is 1. The molecule has 1 aliphatic heterocycles. The van der Waals surface area contributed by atoms with Crippen molar-refractivity contribution in [2.24, 2.45) is 5.73 Å². The fourth-order valence-electron chi connectivity index (χ4n) is 2.53. The van der Waals surface area contributed by atoms with E-state index in [2.05, 4.69) is 17.2 Å². The van der Waals surface area contributed by atoms with Crippen molar-refractivity contribution in [2.75, 3.05) is 5.32 Å². The number of nitrogens with one attached hydrogen (secondary N) is 2. The first-order valence-corrected chi connectivity index (χ1v) is 7.92. The molecule has 3 rings (SSSR count). The Kier molecular flexibility index (Phi) is 4.42. The van der Waals surface area contributed by atoms with Gasteiger partial charge in [0, 0.05) is 17.5 Å². The summed E-state index contributed by atoms with van der Waals surface area (Å²) in [4.78, 5) is 12.4. The van der Waals surface area contributed by atoms with E-state index >= 15 is 0 Å². The molecule has 0 aromatic heterocycles. The molecule has 4 nitrogen and oxygen atoms in total. The summed E-state index contributed by atoms with van der Waals surface area (Å²) in [5.74, 6) is -0.308. The molecule has 1 heterocycles. The molecule has 0 bridgehead atoms. The number of hydrogen-bond acceptors (Lipinski definition) is 3. The number of aryl methyl sites for hydroxylation is 1. The zero-order valence-corrected chi connectivity index (χ0v) is 14.0. The van der Waals surface area contributed by atoms with Crippen LogP contribution in [0, 0.1) is 6.92 Å². The summed E-state index contributed by atoms with van der Waals surface area (Å²) in [5, 5.41) is 6.28. The van der Waals surface area contributed by atoms with Gasteiger partial charge in [0.15, 0.2) is 0 Å². The standard InChI is InChI=1S/C19H18ClN3O/c1-11-3-5-13(6-4-11)18(21)19(24)23-17-9-14-7-8-22-12(2)15(14)10-16(17)20/h3-10,18,22H,2,21H2,1H3,(H,23,24)/t18-/m1/s1. The summed E-state index contributed by atoms with van der Waals surface area (Å²) in [7, 11) is 0. The molecule has 1 atom stereocenters. The van der Waals surface area contributed by atoms with Gasteiger partial charge in [-0.05, 0) is 36.3 Å². The van der Waals surface area contributed by atoms with Gasteiger partial charge < -0.3 is 16.4 Å². The summed E-state index contributed by atoms with van der Waals surface area (Å²) in [5.41, 5.74) is 11.1. The van der Waals surface area contributed by atoms with Gasteiger partial charge in [-0.1, -0.05) is 48.0 Å². The minimum absolute atomic E-state index is 0.308. The predicted octanol–water partition coefficient (Wildman–Crippen LogP) is 3.83. The molecule has 2 aromatic rings. The zero-order chi connectivity index (χ0) is 17.3. The highest BCUT2D eigenvalue weighted by Crippen LogP contribution is 2.31. The highest BCUT2D eigenvalue weighted by atomic mass is 35.5. The number of fused-ring (bicyclic) bond motifs is 1. The Morgan fingerprint density at radius 1 is 1.29 bits per heavy atom. The lowest BCUT2D eigenvalue weighted by molar-refractivity contribution is -0.117. The second-order valence-electron chi connectivity index (χ2n) is 5.75. The minimum atomic E-state index is -0.759. The van der Waals surface area contributed by atoms with Crippen LogP contribution >= 0.6 is 11.6 Å². The Bertz CT molecular complexity index is 840. The normalized spacial score (nSPS) is 13.9. The zero-order valence-electron chi connectivity index (χ0n) is 13.3. The summed E-state index contributed by atoms with van der Waals surface area (Å²) < 4.78 is 0. The number of amides is 1. The van der Waals surface area contributed by atoms with Crippen LogP contribution < -0.4 is 16.4 Å². The van der Waals surface area contributed by atoms with Gasteiger partial charge in [-0.3, -0.25) is 4.79 Å². The van der Waals surface area contributed by atoms with Crippen LogP contribution in [-0.4, -0.2) is 5.91 Å². The lowest BCUT2D eigenvalue weighted by Crippen LogP contribution is -2.28. The van der Waals surface area contributed by atoms with Gasteiger partial charge in [-0.25, -0.2) is 0 Å². The van der Waals surface area contributed by atoms with E-state index in [1.54, 1.807) is 12.3 Å². The molecular weight excluding hydrogens is 322 g/mol. The fraction of sp³-hybridized carbons (Fsp3) is 0.105. The van der Waals surface area contributed by atoms with Gasteiger partial charge in [-0.15, -0.1) is 0 Å². The lowest BCUT2D eigenvalue weighted by atomic mass is 10.0. The molecule has 0 saturated carbocycles. The molecule has 0 spiro atoms. The van der Waals surface area contributed by atoms with E-state index in [0.717, 1.165) is 28.0 Å². The van der Waals surface area contributed by atoms with Gasteiger partial charge in [0.05, 0.1) is 10.7 Å². The number of anilines is 1. The van der Waals surface area contributed by atoms with Gasteiger partial charge in [0.25, 0.3) is 0 Å². The maximum absolute atomic E-state index is 12.4. The Morgan fingerprint density at radius 2 is 2.00 bits per heavy atom. The number of nitrogens with two attached hydrogens (primary N) is 1. The van der Waals surface area contributed by atoms with Crippen molar-refractivity contribution in [3.05, 3.63) is 76.5 Å². The molecular formula is C19H18ClN3O. The maximum Gasteiger partial charge on any atom is 0.245 e. The smallest absolute Gasteiger partial charge is 0.245 e. The predicted molar refractivity (Wildman–Crippen MR) is 99.4 cm³/mol. The first-order chi connectivity index (χ1) is 11.5. The van der Waals surface area contributed by atoms with E-state index in [4.69, 9.17) is 17.3 Å². The molecule has 1 aliphatic rings. The Morgan fingerprint density at radius 3 is 2.71 bits per heavy atom. The molecule has 0 radical (unpaired) electrons. The van der Waals surface area contributed by atoms with E-state index < -0.39 is 6.04 Å². The largest absolute Gasteiger partial charge is 0.362 e. The van der Waals surface area contributed by atoms with E-state index in [1.165, 1.54) is 0 Å². The second kappa shape index (κ2) is 6.51. The van der Waals surface area contributed by atoms with Crippen LogP contribution in [0.5, 0.6) is 0 Å². The number of benzene rings is 2. The third-order valence-electron chi connectivity index (χ3n) is 3.96. The van der Waals surface area contributed by atoms with Gasteiger partial charge in [0.1, 0.15) is 6.04 Å². The summed E-state index contributed by atoms with van der Waals surface area (Å²) in [6.45, 7) is 5.92. The number of rotatable bonds is 3. The molecule has 5 heteroatoms. The van der Waals surface area contributed by atoms with Crippen LogP contribution in [0.4, 0.5) is 5.69 Å². The van der Waals surface area contributed by atoms with Crippen LogP contribution in [0.1, 0.15) is 28.3 Å². The van der Waals surface area contributed by atoms with Gasteiger partial charge in [-0.2, -0.15) is 0 Å². The van der Waals surface area contributed by atoms with Crippen molar-refractivity contribution in [3.8, 4) is 0 Å². The summed E-state index contributed by atoms with van der Waals surface area (Å²) in [6.07, 6.45) is 3.69. The monoisotopic (exact) mass is 339 g/mol. The van der Waals surface area contributed by atoms with Gasteiger partial charge in [0.2, 0.25) is 5.91 Å². The first-order valence-electron chi connectivity index (χ1n) is 7.54. The third-order valence-corrected chi connectivity index (χ3v) is 4.27. The van der Waals surface area contributed by atoms with E-state index in [0.29, 0.717) is 10.7 Å². The molecule has 2 aromatic carbocycles. The topological polar surface area (TPSA) is 67.1 Å². The summed E-state index contributed by atoms with van der Waals surface area (Å²) >= 11 is 6.29. The maximum atomic E-state index is 12.4. The quantitative estimate of drug-likeness (QED) is 0.796. The lowest BCUT2D eigenvalue weighted by Gasteiger charge is -2.18. The molecule has 1 amide bonds. The molecule has 0 aliphatic carbocycles. The highest BCUT2D eigenvalue weighted by molar-refractivity contribution is 6.34. The van der Waals surface area contributed by atoms with Crippen molar-refractivity contribution >= 4 is 35.0 Å². The van der Waals surface area contributed by atoms with Crippen LogP contribution in [0.25, 0.3) is 11.8 Å². The molecule has 122 valence electrons. The molecule has 0 unspecified atom stereocenters. The van der Waals surface area contributed by atoms with Crippen LogP contribution in [-0.2, 0) is 4.79 Å². The number of carbonyl (C=O) groups excluding carboxylic acids is 1. The van der Waals surface area contributed by atoms with Crippen molar-refractivity contribution in [3.63, 3.8) is 0 Å². The van der Waals surface area contributed by atoms with Crippen LogP contribution in [0.3, 0.4) is 0 Å². The Balaban J connectivity index is 1.83.